The normalized spacial score (nSPS) is 20.9. The van der Waals surface area contributed by atoms with Gasteiger partial charge < -0.3 is 9.80 Å². The third kappa shape index (κ3) is 3.95. The Labute approximate surface area is 188 Å². The van der Waals surface area contributed by atoms with Crippen LogP contribution in [-0.2, 0) is 6.42 Å². The van der Waals surface area contributed by atoms with Crippen LogP contribution in [0.25, 0.3) is 0 Å². The number of benzene rings is 2. The highest BCUT2D eigenvalue weighted by Gasteiger charge is 2.37. The molecule has 6 heteroatoms. The van der Waals surface area contributed by atoms with Crippen molar-refractivity contribution in [3.8, 4) is 0 Å². The number of hydrogen-bond donors (Lipinski definition) is 0. The fourth-order valence-corrected chi connectivity index (χ4v) is 5.23. The largest absolute Gasteiger partial charge is 0.334 e. The maximum atomic E-state index is 13.3. The molecular weight excluding hydrogens is 402 g/mol. The summed E-state index contributed by atoms with van der Waals surface area (Å²) in [4.78, 5) is 44.8. The van der Waals surface area contributed by atoms with Crippen LogP contribution in [0.1, 0.15) is 62.3 Å². The Hall–Kier alpha value is -2.99. The summed E-state index contributed by atoms with van der Waals surface area (Å²) in [5, 5.41) is 0. The zero-order valence-electron chi connectivity index (χ0n) is 18.3. The van der Waals surface area contributed by atoms with Crippen LogP contribution in [0.15, 0.2) is 48.5 Å². The molecule has 0 aliphatic carbocycles. The minimum Gasteiger partial charge on any atom is -0.334 e. The van der Waals surface area contributed by atoms with E-state index in [1.54, 1.807) is 18.2 Å². The van der Waals surface area contributed by atoms with E-state index in [4.69, 9.17) is 0 Å². The third-order valence-electron chi connectivity index (χ3n) is 6.99. The number of hydrogen-bond acceptors (Lipinski definition) is 4. The molecule has 1 atom stereocenters. The molecule has 2 saturated heterocycles. The molecule has 1 unspecified atom stereocenters. The van der Waals surface area contributed by atoms with Crippen molar-refractivity contribution >= 4 is 17.7 Å². The Morgan fingerprint density at radius 2 is 1.62 bits per heavy atom. The van der Waals surface area contributed by atoms with Crippen molar-refractivity contribution in [1.82, 2.24) is 14.7 Å². The van der Waals surface area contributed by atoms with Crippen LogP contribution >= 0.6 is 0 Å². The third-order valence-corrected chi connectivity index (χ3v) is 6.99. The summed E-state index contributed by atoms with van der Waals surface area (Å²) >= 11 is 0. The maximum Gasteiger partial charge on any atom is 0.261 e. The molecule has 3 aliphatic rings. The molecule has 32 heavy (non-hydrogen) atoms. The zero-order chi connectivity index (χ0) is 22.1. The van der Waals surface area contributed by atoms with Crippen LogP contribution < -0.4 is 0 Å². The molecule has 6 nitrogen and oxygen atoms in total. The van der Waals surface area contributed by atoms with E-state index >= 15 is 0 Å². The van der Waals surface area contributed by atoms with Crippen molar-refractivity contribution in [3.63, 3.8) is 0 Å². The number of amides is 3. The highest BCUT2D eigenvalue weighted by atomic mass is 16.2. The molecule has 2 aromatic rings. The van der Waals surface area contributed by atoms with Crippen molar-refractivity contribution in [1.29, 1.82) is 0 Å². The van der Waals surface area contributed by atoms with Gasteiger partial charge in [0.1, 0.15) is 0 Å². The van der Waals surface area contributed by atoms with Gasteiger partial charge in [-0.05, 0) is 69.0 Å². The minimum atomic E-state index is -0.300. The monoisotopic (exact) mass is 431 g/mol. The highest BCUT2D eigenvalue weighted by molar-refractivity contribution is 6.22. The molecule has 0 N–H and O–H groups in total. The first-order chi connectivity index (χ1) is 15.6. The summed E-state index contributed by atoms with van der Waals surface area (Å²) in [6.07, 6.45) is 5.13. The van der Waals surface area contributed by atoms with Gasteiger partial charge in [0.25, 0.3) is 17.7 Å². The number of carbonyl (C=O) groups excluding carboxylic acids is 3. The highest BCUT2D eigenvalue weighted by Crippen LogP contribution is 2.27. The standard InChI is InChI=1S/C26H29N3O3/c30-24(28-15-6-9-21(28)18-27-13-4-5-14-27)20-10-11-22-23(17-20)26(32)29(25(22)31)16-12-19-7-2-1-3-8-19/h1-3,7-8,10-11,17,21H,4-6,9,12-16,18H2. The van der Waals surface area contributed by atoms with Gasteiger partial charge in [0.2, 0.25) is 0 Å². The van der Waals surface area contributed by atoms with Crippen LogP contribution in [-0.4, -0.2) is 71.2 Å². The molecule has 0 radical (unpaired) electrons. The molecule has 166 valence electrons. The lowest BCUT2D eigenvalue weighted by atomic mass is 10.0. The van der Waals surface area contributed by atoms with E-state index in [0.717, 1.165) is 44.6 Å². The SMILES string of the molecule is O=C1c2ccc(C(=O)N3CCCC3CN3CCCC3)cc2C(=O)N1CCc1ccccc1. The van der Waals surface area contributed by atoms with E-state index in [1.165, 1.54) is 17.7 Å². The van der Waals surface area contributed by atoms with Gasteiger partial charge in [0, 0.05) is 31.2 Å². The van der Waals surface area contributed by atoms with Crippen molar-refractivity contribution in [2.45, 2.75) is 38.1 Å². The number of rotatable bonds is 6. The summed E-state index contributed by atoms with van der Waals surface area (Å²) in [5.41, 5.74) is 2.33. The van der Waals surface area contributed by atoms with Crippen molar-refractivity contribution in [2.24, 2.45) is 0 Å². The minimum absolute atomic E-state index is 0.0301. The van der Waals surface area contributed by atoms with Gasteiger partial charge in [0.05, 0.1) is 11.1 Å². The molecule has 2 aromatic carbocycles. The second-order valence-corrected chi connectivity index (χ2v) is 9.06. The van der Waals surface area contributed by atoms with Crippen LogP contribution in [0.3, 0.4) is 0 Å². The summed E-state index contributed by atoms with van der Waals surface area (Å²) < 4.78 is 0. The number of nitrogens with zero attached hydrogens (tertiary/aromatic N) is 3. The lowest BCUT2D eigenvalue weighted by Gasteiger charge is -2.28. The molecule has 3 heterocycles. The Balaban J connectivity index is 1.30. The summed E-state index contributed by atoms with van der Waals surface area (Å²) in [6, 6.07) is 15.0. The summed E-state index contributed by atoms with van der Waals surface area (Å²) in [6.45, 7) is 4.26. The lowest BCUT2D eigenvalue weighted by molar-refractivity contribution is 0.0655. The predicted molar refractivity (Wildman–Crippen MR) is 122 cm³/mol. The van der Waals surface area contributed by atoms with Crippen LogP contribution in [0.5, 0.6) is 0 Å². The van der Waals surface area contributed by atoms with E-state index in [0.29, 0.717) is 29.7 Å². The fourth-order valence-electron chi connectivity index (χ4n) is 5.23. The van der Waals surface area contributed by atoms with E-state index in [9.17, 15) is 14.4 Å². The molecule has 3 amide bonds. The lowest BCUT2D eigenvalue weighted by Crippen LogP contribution is -2.42. The molecule has 0 bridgehead atoms. The molecule has 0 saturated carbocycles. The van der Waals surface area contributed by atoms with Crippen molar-refractivity contribution < 1.29 is 14.4 Å². The first-order valence-electron chi connectivity index (χ1n) is 11.7. The average molecular weight is 432 g/mol. The Morgan fingerprint density at radius 3 is 2.41 bits per heavy atom. The van der Waals surface area contributed by atoms with E-state index in [2.05, 4.69) is 4.90 Å². The Bertz CT molecular complexity index is 1030. The molecular formula is C26H29N3O3. The molecule has 2 fully saturated rings. The van der Waals surface area contributed by atoms with Crippen molar-refractivity contribution in [3.05, 3.63) is 70.8 Å². The first-order valence-corrected chi connectivity index (χ1v) is 11.7. The number of carbonyl (C=O) groups is 3. The second-order valence-electron chi connectivity index (χ2n) is 9.06. The second kappa shape index (κ2) is 8.87. The van der Waals surface area contributed by atoms with Gasteiger partial charge in [-0.2, -0.15) is 0 Å². The van der Waals surface area contributed by atoms with Crippen molar-refractivity contribution in [2.75, 3.05) is 32.7 Å². The quantitative estimate of drug-likeness (QED) is 0.659. The van der Waals surface area contributed by atoms with Gasteiger partial charge >= 0.3 is 0 Å². The molecule has 0 spiro atoms. The van der Waals surface area contributed by atoms with Gasteiger partial charge in [0.15, 0.2) is 0 Å². The molecule has 0 aromatic heterocycles. The van der Waals surface area contributed by atoms with E-state index < -0.39 is 0 Å². The van der Waals surface area contributed by atoms with Crippen LogP contribution in [0.2, 0.25) is 0 Å². The number of imide groups is 1. The van der Waals surface area contributed by atoms with E-state index in [-0.39, 0.29) is 23.8 Å². The Morgan fingerprint density at radius 1 is 0.875 bits per heavy atom. The summed E-state index contributed by atoms with van der Waals surface area (Å²) in [5.74, 6) is -0.601. The van der Waals surface area contributed by atoms with Gasteiger partial charge in [-0.1, -0.05) is 30.3 Å². The zero-order valence-corrected chi connectivity index (χ0v) is 18.3. The average Bonchev–Trinajstić information content (AvgIpc) is 3.55. The summed E-state index contributed by atoms with van der Waals surface area (Å²) in [7, 11) is 0. The number of fused-ring (bicyclic) bond motifs is 1. The smallest absolute Gasteiger partial charge is 0.261 e. The first kappa shape index (κ1) is 20.9. The topological polar surface area (TPSA) is 60.9 Å². The van der Waals surface area contributed by atoms with Crippen LogP contribution in [0.4, 0.5) is 0 Å². The maximum absolute atomic E-state index is 13.3. The van der Waals surface area contributed by atoms with Crippen LogP contribution in [0, 0.1) is 0 Å². The van der Waals surface area contributed by atoms with Gasteiger partial charge in [-0.15, -0.1) is 0 Å². The van der Waals surface area contributed by atoms with Gasteiger partial charge in [-0.3, -0.25) is 19.3 Å². The van der Waals surface area contributed by atoms with Gasteiger partial charge in [-0.25, -0.2) is 0 Å². The predicted octanol–water partition coefficient (Wildman–Crippen LogP) is 3.23. The van der Waals surface area contributed by atoms with E-state index in [1.807, 2.05) is 35.2 Å². The fraction of sp³-hybridized carbons (Fsp3) is 0.423. The number of likely N-dealkylation sites (tertiary alicyclic amines) is 2. The molecule has 3 aliphatic heterocycles. The molecule has 5 rings (SSSR count). The Kier molecular flexibility index (Phi) is 5.79.